The van der Waals surface area contributed by atoms with Gasteiger partial charge in [-0.15, -0.1) is 0 Å². The lowest BCUT2D eigenvalue weighted by atomic mass is 9.91. The molecule has 0 aliphatic carbocycles. The van der Waals surface area contributed by atoms with Crippen molar-refractivity contribution in [3.63, 3.8) is 0 Å². The van der Waals surface area contributed by atoms with Crippen LogP contribution < -0.4 is 0 Å². The molecule has 0 spiro atoms. The van der Waals surface area contributed by atoms with Crippen LogP contribution in [0.4, 0.5) is 0 Å². The van der Waals surface area contributed by atoms with Crippen molar-refractivity contribution in [2.24, 2.45) is 5.92 Å². The summed E-state index contributed by atoms with van der Waals surface area (Å²) in [4.78, 5) is 25.3. The second-order valence-corrected chi connectivity index (χ2v) is 6.07. The maximum absolute atomic E-state index is 12.4. The van der Waals surface area contributed by atoms with Gasteiger partial charge in [0.15, 0.2) is 0 Å². The zero-order chi connectivity index (χ0) is 14.7. The van der Waals surface area contributed by atoms with E-state index >= 15 is 0 Å². The summed E-state index contributed by atoms with van der Waals surface area (Å²) < 4.78 is 0. The molecule has 0 aromatic heterocycles. The van der Waals surface area contributed by atoms with Crippen LogP contribution in [-0.2, 0) is 16.0 Å². The summed E-state index contributed by atoms with van der Waals surface area (Å²) in [5.74, 6) is 0.186. The third-order valence-electron chi connectivity index (χ3n) is 3.80. The lowest BCUT2D eigenvalue weighted by molar-refractivity contribution is -0.139. The van der Waals surface area contributed by atoms with Crippen LogP contribution >= 0.6 is 23.2 Å². The quantitative estimate of drug-likeness (QED) is 0.802. The van der Waals surface area contributed by atoms with Gasteiger partial charge < -0.3 is 9.69 Å². The van der Waals surface area contributed by atoms with Gasteiger partial charge in [-0.3, -0.25) is 4.79 Å². The summed E-state index contributed by atoms with van der Waals surface area (Å²) in [6.45, 7) is 2.66. The molecule has 1 heterocycles. The second kappa shape index (κ2) is 6.59. The number of rotatable bonds is 3. The molecular weight excluding hydrogens is 297 g/mol. The van der Waals surface area contributed by atoms with E-state index in [1.165, 1.54) is 0 Å². The van der Waals surface area contributed by atoms with E-state index in [0.717, 1.165) is 24.7 Å². The van der Waals surface area contributed by atoms with E-state index in [-0.39, 0.29) is 24.3 Å². The highest BCUT2D eigenvalue weighted by molar-refractivity contribution is 6.42. The Bertz CT molecular complexity index is 519. The first kappa shape index (κ1) is 15.3. The fraction of sp³-hybridized carbons (Fsp3) is 0.467. The number of aldehydes is 1. The molecule has 2 rings (SSSR count). The highest BCUT2D eigenvalue weighted by Gasteiger charge is 2.31. The van der Waals surface area contributed by atoms with Crippen LogP contribution in [0.2, 0.25) is 10.0 Å². The van der Waals surface area contributed by atoms with E-state index in [1.807, 2.05) is 6.92 Å². The minimum atomic E-state index is -0.306. The van der Waals surface area contributed by atoms with Crippen molar-refractivity contribution in [2.75, 3.05) is 6.54 Å². The Kier molecular flexibility index (Phi) is 5.06. The molecule has 5 heteroatoms. The van der Waals surface area contributed by atoms with Gasteiger partial charge in [0, 0.05) is 6.54 Å². The second-order valence-electron chi connectivity index (χ2n) is 5.26. The van der Waals surface area contributed by atoms with E-state index in [4.69, 9.17) is 23.2 Å². The molecule has 1 aromatic rings. The van der Waals surface area contributed by atoms with Crippen molar-refractivity contribution >= 4 is 35.4 Å². The monoisotopic (exact) mass is 313 g/mol. The maximum Gasteiger partial charge on any atom is 0.227 e. The summed E-state index contributed by atoms with van der Waals surface area (Å²) >= 11 is 11.8. The number of carbonyl (C=O) groups is 2. The highest BCUT2D eigenvalue weighted by atomic mass is 35.5. The number of piperidine rings is 1. The van der Waals surface area contributed by atoms with Crippen molar-refractivity contribution in [3.05, 3.63) is 33.8 Å². The Morgan fingerprint density at radius 2 is 2.15 bits per heavy atom. The van der Waals surface area contributed by atoms with Gasteiger partial charge in [0.2, 0.25) is 5.91 Å². The zero-order valence-corrected chi connectivity index (χ0v) is 12.8. The average molecular weight is 314 g/mol. The molecule has 108 valence electrons. The van der Waals surface area contributed by atoms with Crippen molar-refractivity contribution < 1.29 is 9.59 Å². The first-order valence-electron chi connectivity index (χ1n) is 6.71. The molecule has 1 fully saturated rings. The molecular formula is C15H17Cl2NO2. The predicted octanol–water partition coefficient (Wildman–Crippen LogP) is 3.36. The molecule has 2 unspecified atom stereocenters. The number of amides is 1. The van der Waals surface area contributed by atoms with Gasteiger partial charge in [0.1, 0.15) is 6.29 Å². The number of hydrogen-bond donors (Lipinski definition) is 0. The third-order valence-corrected chi connectivity index (χ3v) is 4.54. The molecule has 0 saturated carbocycles. The Morgan fingerprint density at radius 1 is 1.40 bits per heavy atom. The number of carbonyl (C=O) groups excluding carboxylic acids is 2. The first-order chi connectivity index (χ1) is 9.52. The van der Waals surface area contributed by atoms with Crippen LogP contribution in [0.25, 0.3) is 0 Å². The molecule has 1 saturated heterocycles. The molecule has 2 atom stereocenters. The molecule has 1 aliphatic heterocycles. The summed E-state index contributed by atoms with van der Waals surface area (Å²) in [5.41, 5.74) is 0.812. The SMILES string of the molecule is CC1CCCN(C(=O)Cc2ccc(Cl)c(Cl)c2)C1C=O. The number of nitrogens with zero attached hydrogens (tertiary/aromatic N) is 1. The van der Waals surface area contributed by atoms with Crippen LogP contribution in [0.15, 0.2) is 18.2 Å². The van der Waals surface area contributed by atoms with Gasteiger partial charge in [-0.25, -0.2) is 0 Å². The fourth-order valence-corrected chi connectivity index (χ4v) is 2.96. The molecule has 3 nitrogen and oxygen atoms in total. The van der Waals surface area contributed by atoms with Crippen molar-refractivity contribution in [1.29, 1.82) is 0 Å². The van der Waals surface area contributed by atoms with E-state index in [9.17, 15) is 9.59 Å². The molecule has 0 N–H and O–H groups in total. The van der Waals surface area contributed by atoms with E-state index in [0.29, 0.717) is 16.6 Å². The van der Waals surface area contributed by atoms with E-state index < -0.39 is 0 Å². The summed E-state index contributed by atoms with van der Waals surface area (Å²) in [6.07, 6.45) is 3.06. The van der Waals surface area contributed by atoms with Gasteiger partial charge in [-0.2, -0.15) is 0 Å². The third kappa shape index (κ3) is 3.33. The lowest BCUT2D eigenvalue weighted by Gasteiger charge is -2.36. The molecule has 0 bridgehead atoms. The van der Waals surface area contributed by atoms with Crippen LogP contribution in [-0.4, -0.2) is 29.7 Å². The number of halogens is 2. The molecule has 1 aromatic carbocycles. The van der Waals surface area contributed by atoms with Crippen molar-refractivity contribution in [3.8, 4) is 0 Å². The van der Waals surface area contributed by atoms with E-state index in [1.54, 1.807) is 23.1 Å². The normalized spacial score (nSPS) is 22.6. The van der Waals surface area contributed by atoms with Gasteiger partial charge in [-0.1, -0.05) is 36.2 Å². The number of benzene rings is 1. The molecule has 1 aliphatic rings. The maximum atomic E-state index is 12.4. The van der Waals surface area contributed by atoms with Crippen molar-refractivity contribution in [1.82, 2.24) is 4.90 Å². The minimum Gasteiger partial charge on any atom is -0.332 e. The summed E-state index contributed by atoms with van der Waals surface area (Å²) in [7, 11) is 0. The Morgan fingerprint density at radius 3 is 2.80 bits per heavy atom. The standard InChI is InChI=1S/C15H17Cl2NO2/c1-10-3-2-6-18(14(10)9-19)15(20)8-11-4-5-12(16)13(17)7-11/h4-5,7,9-10,14H,2-3,6,8H2,1H3. The van der Waals surface area contributed by atoms with Crippen LogP contribution in [0, 0.1) is 5.92 Å². The van der Waals surface area contributed by atoms with Crippen LogP contribution in [0.5, 0.6) is 0 Å². The largest absolute Gasteiger partial charge is 0.332 e. The lowest BCUT2D eigenvalue weighted by Crippen LogP contribution is -2.49. The Hall–Kier alpha value is -1.06. The van der Waals surface area contributed by atoms with Crippen LogP contribution in [0.3, 0.4) is 0 Å². The fourth-order valence-electron chi connectivity index (χ4n) is 2.63. The highest BCUT2D eigenvalue weighted by Crippen LogP contribution is 2.25. The summed E-state index contributed by atoms with van der Waals surface area (Å²) in [6, 6.07) is 4.86. The Labute approximate surface area is 128 Å². The number of likely N-dealkylation sites (tertiary alicyclic amines) is 1. The zero-order valence-electron chi connectivity index (χ0n) is 11.3. The van der Waals surface area contributed by atoms with Crippen molar-refractivity contribution in [2.45, 2.75) is 32.2 Å². The molecule has 20 heavy (non-hydrogen) atoms. The minimum absolute atomic E-state index is 0.0351. The summed E-state index contributed by atoms with van der Waals surface area (Å²) in [5, 5.41) is 0.913. The van der Waals surface area contributed by atoms with E-state index in [2.05, 4.69) is 0 Å². The topological polar surface area (TPSA) is 37.4 Å². The van der Waals surface area contributed by atoms with Gasteiger partial charge >= 0.3 is 0 Å². The number of hydrogen-bond acceptors (Lipinski definition) is 2. The molecule has 0 radical (unpaired) electrons. The average Bonchev–Trinajstić information content (AvgIpc) is 2.42. The van der Waals surface area contributed by atoms with Gasteiger partial charge in [0.05, 0.1) is 22.5 Å². The Balaban J connectivity index is 2.10. The van der Waals surface area contributed by atoms with Crippen LogP contribution in [0.1, 0.15) is 25.3 Å². The van der Waals surface area contributed by atoms with Gasteiger partial charge in [-0.05, 0) is 36.5 Å². The van der Waals surface area contributed by atoms with Gasteiger partial charge in [0.25, 0.3) is 0 Å². The first-order valence-corrected chi connectivity index (χ1v) is 7.47. The smallest absolute Gasteiger partial charge is 0.227 e. The molecule has 1 amide bonds. The predicted molar refractivity (Wildman–Crippen MR) is 80.1 cm³/mol.